The first-order valence-corrected chi connectivity index (χ1v) is 10.7. The highest BCUT2D eigenvalue weighted by Crippen LogP contribution is 2.15. The molecule has 0 radical (unpaired) electrons. The third-order valence-electron chi connectivity index (χ3n) is 5.52. The fourth-order valence-electron chi connectivity index (χ4n) is 3.84. The molecule has 0 unspecified atom stereocenters. The molecule has 9 heteroatoms. The van der Waals surface area contributed by atoms with Crippen LogP contribution in [0.1, 0.15) is 11.3 Å². The molecule has 32 heavy (non-hydrogen) atoms. The number of hydrogen-bond donors (Lipinski definition) is 1. The number of aromatic nitrogens is 2. The largest absolute Gasteiger partial charge is 0.435 e. The standard InChI is InChI=1S/C23H27F2N5O2/c24-23(25)32-20-6-4-18(5-7-20)8-9-26-22(31)17-29-13-11-28(12-14-29)15-19-16-30-10-2-1-3-21(30)27-19/h1-7,10,16,23H,8-9,11-15,17H2,(H,26,31). The van der Waals surface area contributed by atoms with Crippen LogP contribution in [-0.2, 0) is 17.8 Å². The molecular formula is C23H27F2N5O2. The molecule has 4 rings (SSSR count). The van der Waals surface area contributed by atoms with E-state index in [-0.39, 0.29) is 11.7 Å². The zero-order valence-electron chi connectivity index (χ0n) is 17.8. The lowest BCUT2D eigenvalue weighted by Crippen LogP contribution is -2.49. The number of ether oxygens (including phenoxy) is 1. The van der Waals surface area contributed by atoms with E-state index in [1.54, 1.807) is 12.1 Å². The molecule has 7 nitrogen and oxygen atoms in total. The number of carbonyl (C=O) groups excluding carboxylic acids is 1. The topological polar surface area (TPSA) is 62.1 Å². The predicted molar refractivity (Wildman–Crippen MR) is 117 cm³/mol. The minimum absolute atomic E-state index is 0.00328. The van der Waals surface area contributed by atoms with Crippen molar-refractivity contribution < 1.29 is 18.3 Å². The minimum Gasteiger partial charge on any atom is -0.435 e. The van der Waals surface area contributed by atoms with Crippen molar-refractivity contribution in [3.63, 3.8) is 0 Å². The molecule has 0 saturated carbocycles. The number of imidazole rings is 1. The van der Waals surface area contributed by atoms with Crippen molar-refractivity contribution in [2.75, 3.05) is 39.3 Å². The molecular weight excluding hydrogens is 416 g/mol. The van der Waals surface area contributed by atoms with Gasteiger partial charge in [-0.25, -0.2) is 4.98 Å². The SMILES string of the molecule is O=C(CN1CCN(Cc2cn3ccccc3n2)CC1)NCCc1ccc(OC(F)F)cc1. The Hall–Kier alpha value is -3.04. The van der Waals surface area contributed by atoms with Crippen LogP contribution in [0.3, 0.4) is 0 Å². The van der Waals surface area contributed by atoms with Crippen LogP contribution >= 0.6 is 0 Å². The Morgan fingerprint density at radius 2 is 1.81 bits per heavy atom. The lowest BCUT2D eigenvalue weighted by molar-refractivity contribution is -0.122. The molecule has 0 spiro atoms. The summed E-state index contributed by atoms with van der Waals surface area (Å²) >= 11 is 0. The van der Waals surface area contributed by atoms with Crippen molar-refractivity contribution >= 4 is 11.6 Å². The van der Waals surface area contributed by atoms with Crippen molar-refractivity contribution in [1.82, 2.24) is 24.5 Å². The van der Waals surface area contributed by atoms with Gasteiger partial charge in [0.15, 0.2) is 0 Å². The van der Waals surface area contributed by atoms with Crippen LogP contribution in [0.4, 0.5) is 8.78 Å². The van der Waals surface area contributed by atoms with E-state index in [1.807, 2.05) is 28.8 Å². The van der Waals surface area contributed by atoms with Crippen LogP contribution in [0.5, 0.6) is 5.75 Å². The number of rotatable bonds is 9. The quantitative estimate of drug-likeness (QED) is 0.551. The van der Waals surface area contributed by atoms with Crippen molar-refractivity contribution in [3.8, 4) is 5.75 Å². The Morgan fingerprint density at radius 3 is 2.53 bits per heavy atom. The maximum atomic E-state index is 12.3. The van der Waals surface area contributed by atoms with Gasteiger partial charge in [0.2, 0.25) is 5.91 Å². The average molecular weight is 443 g/mol. The van der Waals surface area contributed by atoms with E-state index >= 15 is 0 Å². The van der Waals surface area contributed by atoms with Crippen molar-refractivity contribution in [2.24, 2.45) is 0 Å². The molecule has 1 aromatic carbocycles. The van der Waals surface area contributed by atoms with Gasteiger partial charge >= 0.3 is 6.61 Å². The van der Waals surface area contributed by atoms with Crippen LogP contribution in [0.15, 0.2) is 54.9 Å². The second-order valence-electron chi connectivity index (χ2n) is 7.87. The molecule has 0 aliphatic carbocycles. The predicted octanol–water partition coefficient (Wildman–Crippen LogP) is 2.41. The third-order valence-corrected chi connectivity index (χ3v) is 5.52. The van der Waals surface area contributed by atoms with Gasteiger partial charge in [0.05, 0.1) is 12.2 Å². The molecule has 1 fully saturated rings. The smallest absolute Gasteiger partial charge is 0.387 e. The number of nitrogens with zero attached hydrogens (tertiary/aromatic N) is 4. The number of fused-ring (bicyclic) bond motifs is 1. The van der Waals surface area contributed by atoms with Gasteiger partial charge in [0, 0.05) is 51.7 Å². The zero-order valence-corrected chi connectivity index (χ0v) is 17.8. The van der Waals surface area contributed by atoms with Crippen LogP contribution < -0.4 is 10.1 Å². The summed E-state index contributed by atoms with van der Waals surface area (Å²) in [6, 6.07) is 12.4. The molecule has 1 N–H and O–H groups in total. The van der Waals surface area contributed by atoms with Gasteiger partial charge in [0.1, 0.15) is 11.4 Å². The maximum absolute atomic E-state index is 12.3. The van der Waals surface area contributed by atoms with E-state index in [1.165, 1.54) is 12.1 Å². The molecule has 170 valence electrons. The Kier molecular flexibility index (Phi) is 7.28. The van der Waals surface area contributed by atoms with Gasteiger partial charge in [-0.2, -0.15) is 8.78 Å². The van der Waals surface area contributed by atoms with Gasteiger partial charge in [-0.05, 0) is 36.2 Å². The lowest BCUT2D eigenvalue weighted by atomic mass is 10.1. The zero-order chi connectivity index (χ0) is 22.3. The van der Waals surface area contributed by atoms with Crippen LogP contribution in [0.25, 0.3) is 5.65 Å². The molecule has 1 saturated heterocycles. The number of carbonyl (C=O) groups is 1. The summed E-state index contributed by atoms with van der Waals surface area (Å²) in [5, 5.41) is 2.93. The van der Waals surface area contributed by atoms with Gasteiger partial charge in [-0.1, -0.05) is 18.2 Å². The summed E-state index contributed by atoms with van der Waals surface area (Å²) in [6.45, 7) is 2.34. The number of alkyl halides is 2. The first-order chi connectivity index (χ1) is 15.5. The van der Waals surface area contributed by atoms with E-state index in [4.69, 9.17) is 0 Å². The molecule has 1 aliphatic heterocycles. The van der Waals surface area contributed by atoms with E-state index in [0.717, 1.165) is 49.6 Å². The number of halogens is 2. The first-order valence-electron chi connectivity index (χ1n) is 10.7. The number of pyridine rings is 1. The fraction of sp³-hybridized carbons (Fsp3) is 0.391. The second-order valence-corrected chi connectivity index (χ2v) is 7.87. The second kappa shape index (κ2) is 10.5. The van der Waals surface area contributed by atoms with Crippen molar-refractivity contribution in [3.05, 3.63) is 66.1 Å². The molecule has 0 bridgehead atoms. The first kappa shape index (κ1) is 22.2. The Labute approximate surface area is 185 Å². The number of benzene rings is 1. The van der Waals surface area contributed by atoms with Gasteiger partial charge in [-0.15, -0.1) is 0 Å². The lowest BCUT2D eigenvalue weighted by Gasteiger charge is -2.33. The summed E-state index contributed by atoms with van der Waals surface area (Å²) in [4.78, 5) is 21.4. The summed E-state index contributed by atoms with van der Waals surface area (Å²) < 4.78 is 30.7. The van der Waals surface area contributed by atoms with E-state index in [2.05, 4.69) is 31.0 Å². The molecule has 1 amide bonds. The van der Waals surface area contributed by atoms with Crippen molar-refractivity contribution in [1.29, 1.82) is 0 Å². The number of piperazine rings is 1. The summed E-state index contributed by atoms with van der Waals surface area (Å²) in [5.74, 6) is 0.129. The fourth-order valence-corrected chi connectivity index (χ4v) is 3.84. The Morgan fingerprint density at radius 1 is 1.06 bits per heavy atom. The number of nitrogens with one attached hydrogen (secondary N) is 1. The van der Waals surface area contributed by atoms with Crippen LogP contribution in [0.2, 0.25) is 0 Å². The van der Waals surface area contributed by atoms with Crippen molar-refractivity contribution in [2.45, 2.75) is 19.6 Å². The highest BCUT2D eigenvalue weighted by atomic mass is 19.3. The normalized spacial score (nSPS) is 15.3. The van der Waals surface area contributed by atoms with Crippen LogP contribution in [-0.4, -0.2) is 71.0 Å². The number of hydrogen-bond acceptors (Lipinski definition) is 5. The third kappa shape index (κ3) is 6.24. The Balaban J connectivity index is 1.14. The summed E-state index contributed by atoms with van der Waals surface area (Å²) in [6.07, 6.45) is 4.70. The highest BCUT2D eigenvalue weighted by Gasteiger charge is 2.19. The average Bonchev–Trinajstić information content (AvgIpc) is 3.18. The van der Waals surface area contributed by atoms with E-state index in [0.29, 0.717) is 19.5 Å². The van der Waals surface area contributed by atoms with Gasteiger partial charge in [0.25, 0.3) is 0 Å². The highest BCUT2D eigenvalue weighted by molar-refractivity contribution is 5.78. The molecule has 3 heterocycles. The Bertz CT molecular complexity index is 984. The molecule has 2 aromatic heterocycles. The molecule has 1 aliphatic rings. The van der Waals surface area contributed by atoms with Crippen LogP contribution in [0, 0.1) is 0 Å². The summed E-state index contributed by atoms with van der Waals surface area (Å²) in [5.41, 5.74) is 2.96. The van der Waals surface area contributed by atoms with E-state index < -0.39 is 6.61 Å². The maximum Gasteiger partial charge on any atom is 0.387 e. The number of amides is 1. The molecule has 0 atom stereocenters. The monoisotopic (exact) mass is 443 g/mol. The molecule has 3 aromatic rings. The van der Waals surface area contributed by atoms with Gasteiger partial charge < -0.3 is 14.5 Å². The summed E-state index contributed by atoms with van der Waals surface area (Å²) in [7, 11) is 0. The van der Waals surface area contributed by atoms with E-state index in [9.17, 15) is 13.6 Å². The minimum atomic E-state index is -2.83. The van der Waals surface area contributed by atoms with Gasteiger partial charge in [-0.3, -0.25) is 14.6 Å².